The molecular formula is C18H16BrNO3. The SMILES string of the molecule is Cn1cc(C(=O)OCCOc2cccc(Br)c2)c2ccccc21. The first-order valence-corrected chi connectivity index (χ1v) is 8.04. The lowest BCUT2D eigenvalue weighted by molar-refractivity contribution is 0.0452. The number of carbonyl (C=O) groups is 1. The molecule has 0 atom stereocenters. The largest absolute Gasteiger partial charge is 0.490 e. The lowest BCUT2D eigenvalue weighted by Gasteiger charge is -2.07. The molecule has 118 valence electrons. The van der Waals surface area contributed by atoms with Crippen molar-refractivity contribution >= 4 is 32.8 Å². The van der Waals surface area contributed by atoms with Gasteiger partial charge in [-0.05, 0) is 24.3 Å². The van der Waals surface area contributed by atoms with Gasteiger partial charge in [0.05, 0.1) is 5.56 Å². The van der Waals surface area contributed by atoms with E-state index < -0.39 is 0 Å². The number of hydrogen-bond acceptors (Lipinski definition) is 3. The number of nitrogens with zero attached hydrogens (tertiary/aromatic N) is 1. The molecule has 0 saturated carbocycles. The average molecular weight is 374 g/mol. The van der Waals surface area contributed by atoms with Crippen LogP contribution in [0.1, 0.15) is 10.4 Å². The smallest absolute Gasteiger partial charge is 0.340 e. The third kappa shape index (κ3) is 3.56. The first-order chi connectivity index (χ1) is 11.1. The molecule has 0 aliphatic heterocycles. The monoisotopic (exact) mass is 373 g/mol. The molecule has 0 saturated heterocycles. The number of carbonyl (C=O) groups excluding carboxylic acids is 1. The Bertz CT molecular complexity index is 841. The summed E-state index contributed by atoms with van der Waals surface area (Å²) in [6.07, 6.45) is 1.79. The van der Waals surface area contributed by atoms with E-state index in [9.17, 15) is 4.79 Å². The van der Waals surface area contributed by atoms with Gasteiger partial charge < -0.3 is 14.0 Å². The second kappa shape index (κ2) is 6.87. The van der Waals surface area contributed by atoms with Crippen LogP contribution >= 0.6 is 15.9 Å². The topological polar surface area (TPSA) is 40.5 Å². The molecule has 1 heterocycles. The van der Waals surface area contributed by atoms with E-state index >= 15 is 0 Å². The molecule has 4 nitrogen and oxygen atoms in total. The molecule has 5 heteroatoms. The molecule has 0 unspecified atom stereocenters. The zero-order valence-corrected chi connectivity index (χ0v) is 14.2. The number of fused-ring (bicyclic) bond motifs is 1. The minimum atomic E-state index is -0.334. The Morgan fingerprint density at radius 3 is 2.78 bits per heavy atom. The molecule has 2 aromatic carbocycles. The molecule has 0 bridgehead atoms. The van der Waals surface area contributed by atoms with E-state index in [0.717, 1.165) is 21.1 Å². The number of hydrogen-bond donors (Lipinski definition) is 0. The fourth-order valence-corrected chi connectivity index (χ4v) is 2.81. The highest BCUT2D eigenvalue weighted by Crippen LogP contribution is 2.21. The van der Waals surface area contributed by atoms with Crippen LogP contribution in [-0.4, -0.2) is 23.8 Å². The van der Waals surface area contributed by atoms with Crippen LogP contribution in [-0.2, 0) is 11.8 Å². The van der Waals surface area contributed by atoms with Crippen LogP contribution in [0.3, 0.4) is 0 Å². The van der Waals surface area contributed by atoms with Gasteiger partial charge in [-0.25, -0.2) is 4.79 Å². The predicted octanol–water partition coefficient (Wildman–Crippen LogP) is 4.18. The van der Waals surface area contributed by atoms with Crippen LogP contribution < -0.4 is 4.74 Å². The van der Waals surface area contributed by atoms with Crippen molar-refractivity contribution in [2.75, 3.05) is 13.2 Å². The fraction of sp³-hybridized carbons (Fsp3) is 0.167. The summed E-state index contributed by atoms with van der Waals surface area (Å²) in [4.78, 5) is 12.2. The van der Waals surface area contributed by atoms with Crippen LogP contribution in [0.4, 0.5) is 0 Å². The maximum Gasteiger partial charge on any atom is 0.340 e. The average Bonchev–Trinajstić information content (AvgIpc) is 2.89. The van der Waals surface area contributed by atoms with Crippen molar-refractivity contribution in [3.8, 4) is 5.75 Å². The van der Waals surface area contributed by atoms with Crippen molar-refractivity contribution < 1.29 is 14.3 Å². The Kier molecular flexibility index (Phi) is 4.67. The summed E-state index contributed by atoms with van der Waals surface area (Å²) in [6, 6.07) is 15.3. The van der Waals surface area contributed by atoms with Gasteiger partial charge in [0.1, 0.15) is 19.0 Å². The standard InChI is InChI=1S/C18H16BrNO3/c1-20-12-16(15-7-2-3-8-17(15)20)18(21)23-10-9-22-14-6-4-5-13(19)11-14/h2-8,11-12H,9-10H2,1H3. The zero-order valence-electron chi connectivity index (χ0n) is 12.7. The number of benzene rings is 2. The predicted molar refractivity (Wildman–Crippen MR) is 92.8 cm³/mol. The molecule has 3 rings (SSSR count). The first-order valence-electron chi connectivity index (χ1n) is 7.25. The Labute approximate surface area is 142 Å². The second-order valence-corrected chi connectivity index (χ2v) is 6.03. The molecule has 0 N–H and O–H groups in total. The zero-order chi connectivity index (χ0) is 16.2. The van der Waals surface area contributed by atoms with Gasteiger partial charge in [0.25, 0.3) is 0 Å². The molecule has 3 aromatic rings. The minimum Gasteiger partial charge on any atom is -0.490 e. The highest BCUT2D eigenvalue weighted by molar-refractivity contribution is 9.10. The third-order valence-corrected chi connectivity index (χ3v) is 3.99. The second-order valence-electron chi connectivity index (χ2n) is 5.11. The summed E-state index contributed by atoms with van der Waals surface area (Å²) in [7, 11) is 1.91. The Morgan fingerprint density at radius 1 is 1.13 bits per heavy atom. The van der Waals surface area contributed by atoms with Crippen molar-refractivity contribution in [2.24, 2.45) is 7.05 Å². The van der Waals surface area contributed by atoms with E-state index in [1.807, 2.05) is 60.1 Å². The molecule has 0 aliphatic carbocycles. The fourth-order valence-electron chi connectivity index (χ4n) is 2.43. The van der Waals surface area contributed by atoms with Crippen molar-refractivity contribution in [3.05, 3.63) is 64.8 Å². The van der Waals surface area contributed by atoms with Crippen molar-refractivity contribution in [1.29, 1.82) is 0 Å². The van der Waals surface area contributed by atoms with Crippen molar-refractivity contribution in [3.63, 3.8) is 0 Å². The molecule has 1 aromatic heterocycles. The maximum absolute atomic E-state index is 12.2. The van der Waals surface area contributed by atoms with E-state index in [1.165, 1.54) is 0 Å². The summed E-state index contributed by atoms with van der Waals surface area (Å²) >= 11 is 3.38. The Balaban J connectivity index is 1.59. The Hall–Kier alpha value is -2.27. The summed E-state index contributed by atoms with van der Waals surface area (Å²) in [5.74, 6) is 0.403. The van der Waals surface area contributed by atoms with Gasteiger partial charge >= 0.3 is 5.97 Å². The van der Waals surface area contributed by atoms with E-state index in [-0.39, 0.29) is 12.6 Å². The van der Waals surface area contributed by atoms with Crippen LogP contribution in [0, 0.1) is 0 Å². The van der Waals surface area contributed by atoms with E-state index in [2.05, 4.69) is 15.9 Å². The lowest BCUT2D eigenvalue weighted by atomic mass is 10.2. The molecule has 23 heavy (non-hydrogen) atoms. The van der Waals surface area contributed by atoms with Gasteiger partial charge in [-0.3, -0.25) is 0 Å². The van der Waals surface area contributed by atoms with Gasteiger partial charge in [0.2, 0.25) is 0 Å². The summed E-state index contributed by atoms with van der Waals surface area (Å²) in [5.41, 5.74) is 1.58. The highest BCUT2D eigenvalue weighted by Gasteiger charge is 2.14. The first kappa shape index (κ1) is 15.6. The minimum absolute atomic E-state index is 0.203. The van der Waals surface area contributed by atoms with Gasteiger partial charge in [-0.2, -0.15) is 0 Å². The van der Waals surface area contributed by atoms with E-state index in [0.29, 0.717) is 12.2 Å². The van der Waals surface area contributed by atoms with Crippen molar-refractivity contribution in [1.82, 2.24) is 4.57 Å². The van der Waals surface area contributed by atoms with Gasteiger partial charge in [-0.1, -0.05) is 40.2 Å². The van der Waals surface area contributed by atoms with Gasteiger partial charge in [-0.15, -0.1) is 0 Å². The number of aryl methyl sites for hydroxylation is 1. The third-order valence-electron chi connectivity index (χ3n) is 3.50. The molecule has 0 radical (unpaired) electrons. The maximum atomic E-state index is 12.2. The quantitative estimate of drug-likeness (QED) is 0.497. The molecule has 0 spiro atoms. The van der Waals surface area contributed by atoms with Crippen molar-refractivity contribution in [2.45, 2.75) is 0 Å². The van der Waals surface area contributed by atoms with Crippen LogP contribution in [0.15, 0.2) is 59.2 Å². The summed E-state index contributed by atoms with van der Waals surface area (Å²) < 4.78 is 13.7. The molecular weight excluding hydrogens is 358 g/mol. The van der Waals surface area contributed by atoms with E-state index in [1.54, 1.807) is 6.20 Å². The number of halogens is 1. The highest BCUT2D eigenvalue weighted by atomic mass is 79.9. The molecule has 0 fully saturated rings. The number of rotatable bonds is 5. The summed E-state index contributed by atoms with van der Waals surface area (Å²) in [6.45, 7) is 0.515. The number of ether oxygens (including phenoxy) is 2. The number of para-hydroxylation sites is 1. The summed E-state index contributed by atoms with van der Waals surface area (Å²) in [5, 5.41) is 0.896. The van der Waals surface area contributed by atoms with E-state index in [4.69, 9.17) is 9.47 Å². The normalized spacial score (nSPS) is 10.7. The molecule has 0 amide bonds. The van der Waals surface area contributed by atoms with Crippen LogP contribution in [0.25, 0.3) is 10.9 Å². The van der Waals surface area contributed by atoms with Gasteiger partial charge in [0, 0.05) is 28.6 Å². The Morgan fingerprint density at radius 2 is 1.96 bits per heavy atom. The van der Waals surface area contributed by atoms with Crippen LogP contribution in [0.5, 0.6) is 5.75 Å². The number of esters is 1. The van der Waals surface area contributed by atoms with Crippen LogP contribution in [0.2, 0.25) is 0 Å². The number of aromatic nitrogens is 1. The van der Waals surface area contributed by atoms with Gasteiger partial charge in [0.15, 0.2) is 0 Å². The molecule has 0 aliphatic rings. The lowest BCUT2D eigenvalue weighted by Crippen LogP contribution is -2.12.